The molecular formula is C28H42N2O2. The maximum atomic E-state index is 9.09. The Morgan fingerprint density at radius 2 is 1.66 bits per heavy atom. The second-order valence-corrected chi connectivity index (χ2v) is 9.08. The first-order chi connectivity index (χ1) is 15.8. The lowest BCUT2D eigenvalue weighted by Crippen LogP contribution is -2.43. The van der Waals surface area contributed by atoms with Gasteiger partial charge in [0.1, 0.15) is 5.75 Å². The van der Waals surface area contributed by atoms with Crippen molar-refractivity contribution >= 4 is 0 Å². The lowest BCUT2D eigenvalue weighted by molar-refractivity contribution is 0.137. The molecule has 3 rings (SSSR count). The molecule has 4 nitrogen and oxygen atoms in total. The summed E-state index contributed by atoms with van der Waals surface area (Å²) in [6.07, 6.45) is 11.2. The summed E-state index contributed by atoms with van der Waals surface area (Å²) in [4.78, 5) is 2.75. The maximum absolute atomic E-state index is 9.09. The van der Waals surface area contributed by atoms with Gasteiger partial charge in [0.05, 0.1) is 7.11 Å². The van der Waals surface area contributed by atoms with Crippen LogP contribution in [0.2, 0.25) is 0 Å². The van der Waals surface area contributed by atoms with Crippen LogP contribution >= 0.6 is 0 Å². The molecule has 1 atom stereocenters. The number of nitrogens with one attached hydrogen (secondary N) is 1. The molecular weight excluding hydrogens is 396 g/mol. The number of ether oxygens (including phenoxy) is 1. The Kier molecular flexibility index (Phi) is 11.1. The Balaban J connectivity index is 1.70. The third kappa shape index (κ3) is 7.91. The van der Waals surface area contributed by atoms with E-state index >= 15 is 0 Å². The molecule has 0 radical (unpaired) electrons. The maximum Gasteiger partial charge on any atom is 0.123 e. The lowest BCUT2D eigenvalue weighted by atomic mass is 9.93. The fourth-order valence-corrected chi connectivity index (χ4v) is 4.94. The van der Waals surface area contributed by atoms with E-state index in [4.69, 9.17) is 9.84 Å². The number of rotatable bonds is 14. The van der Waals surface area contributed by atoms with Gasteiger partial charge in [-0.1, -0.05) is 80.6 Å². The minimum atomic E-state index is 0.278. The zero-order valence-electron chi connectivity index (χ0n) is 19.8. The van der Waals surface area contributed by atoms with Gasteiger partial charge in [-0.15, -0.1) is 0 Å². The molecule has 0 aromatic heterocycles. The molecule has 1 aliphatic rings. The van der Waals surface area contributed by atoms with Crippen molar-refractivity contribution in [3.63, 3.8) is 0 Å². The van der Waals surface area contributed by atoms with Crippen LogP contribution in [0, 0.1) is 0 Å². The summed E-state index contributed by atoms with van der Waals surface area (Å²) in [5.74, 6) is 0.944. The molecule has 2 aromatic carbocycles. The second-order valence-electron chi connectivity index (χ2n) is 9.08. The average molecular weight is 439 g/mol. The molecule has 0 heterocycles. The summed E-state index contributed by atoms with van der Waals surface area (Å²) in [6.45, 7) is 3.29. The molecule has 2 aromatic rings. The Morgan fingerprint density at radius 3 is 2.41 bits per heavy atom. The molecule has 0 spiro atoms. The van der Waals surface area contributed by atoms with E-state index in [0.717, 1.165) is 38.2 Å². The quantitative estimate of drug-likeness (QED) is 0.371. The number of para-hydroxylation sites is 1. The zero-order valence-corrected chi connectivity index (χ0v) is 19.8. The molecule has 2 N–H and O–H groups in total. The van der Waals surface area contributed by atoms with Crippen LogP contribution in [-0.2, 0) is 6.54 Å². The molecule has 0 saturated heterocycles. The highest BCUT2D eigenvalue weighted by Crippen LogP contribution is 2.26. The number of nitrogens with zero attached hydrogens (tertiary/aromatic N) is 1. The van der Waals surface area contributed by atoms with Crippen LogP contribution in [0.3, 0.4) is 0 Å². The summed E-state index contributed by atoms with van der Waals surface area (Å²) in [6, 6.07) is 20.2. The van der Waals surface area contributed by atoms with E-state index in [1.54, 1.807) is 7.11 Å². The molecule has 0 bridgehead atoms. The standard InChI is InChI=1S/C28H42N2O2/c1-32-28-19-11-10-16-25(28)22-29-27(24-14-6-4-7-15-24)23-30(20-12-2-3-13-21-31)26-17-8-5-9-18-26/h4,6-7,10-11,14-16,19,26-27,29,31H,2-3,5,8-9,12-13,17-18,20-23H2,1H3. The summed E-state index contributed by atoms with van der Waals surface area (Å²) < 4.78 is 5.58. The molecule has 32 heavy (non-hydrogen) atoms. The van der Waals surface area contributed by atoms with Crippen molar-refractivity contribution in [3.05, 3.63) is 65.7 Å². The summed E-state index contributed by atoms with van der Waals surface area (Å²) >= 11 is 0. The highest BCUT2D eigenvalue weighted by Gasteiger charge is 2.24. The molecule has 0 aliphatic heterocycles. The number of hydrogen-bond acceptors (Lipinski definition) is 4. The lowest BCUT2D eigenvalue weighted by Gasteiger charge is -2.37. The van der Waals surface area contributed by atoms with Crippen molar-refractivity contribution in [2.75, 3.05) is 26.8 Å². The number of unbranched alkanes of at least 4 members (excludes halogenated alkanes) is 3. The molecule has 1 unspecified atom stereocenters. The van der Waals surface area contributed by atoms with Crippen molar-refractivity contribution < 1.29 is 9.84 Å². The number of aliphatic hydroxyl groups is 1. The first kappa shape index (κ1) is 24.8. The van der Waals surface area contributed by atoms with Crippen LogP contribution in [-0.4, -0.2) is 42.9 Å². The van der Waals surface area contributed by atoms with Gasteiger partial charge in [0.25, 0.3) is 0 Å². The van der Waals surface area contributed by atoms with Crippen LogP contribution in [0.25, 0.3) is 0 Å². The largest absolute Gasteiger partial charge is 0.496 e. The van der Waals surface area contributed by atoms with Crippen LogP contribution in [0.15, 0.2) is 54.6 Å². The van der Waals surface area contributed by atoms with Crippen LogP contribution < -0.4 is 10.1 Å². The van der Waals surface area contributed by atoms with Crippen molar-refractivity contribution in [2.45, 2.75) is 76.4 Å². The second kappa shape index (κ2) is 14.3. The van der Waals surface area contributed by atoms with Crippen LogP contribution in [0.1, 0.15) is 75.0 Å². The normalized spacial score (nSPS) is 15.7. The fourth-order valence-electron chi connectivity index (χ4n) is 4.94. The monoisotopic (exact) mass is 438 g/mol. The Labute approximate surface area is 195 Å². The predicted octanol–water partition coefficient (Wildman–Crippen LogP) is 5.71. The van der Waals surface area contributed by atoms with Gasteiger partial charge < -0.3 is 15.2 Å². The van der Waals surface area contributed by atoms with E-state index in [1.807, 2.05) is 12.1 Å². The molecule has 4 heteroatoms. The van der Waals surface area contributed by atoms with Crippen LogP contribution in [0.4, 0.5) is 0 Å². The van der Waals surface area contributed by atoms with Gasteiger partial charge in [0, 0.05) is 37.3 Å². The molecule has 1 fully saturated rings. The first-order valence-corrected chi connectivity index (χ1v) is 12.6. The first-order valence-electron chi connectivity index (χ1n) is 12.6. The fraction of sp³-hybridized carbons (Fsp3) is 0.571. The highest BCUT2D eigenvalue weighted by molar-refractivity contribution is 5.33. The SMILES string of the molecule is COc1ccccc1CNC(CN(CCCCCCO)C1CCCCC1)c1ccccc1. The smallest absolute Gasteiger partial charge is 0.123 e. The summed E-state index contributed by atoms with van der Waals surface area (Å²) in [5.41, 5.74) is 2.55. The molecule has 1 saturated carbocycles. The summed E-state index contributed by atoms with van der Waals surface area (Å²) in [7, 11) is 1.75. The molecule has 0 amide bonds. The number of benzene rings is 2. The average Bonchev–Trinajstić information content (AvgIpc) is 2.86. The topological polar surface area (TPSA) is 44.7 Å². The van der Waals surface area contributed by atoms with Crippen molar-refractivity contribution in [3.8, 4) is 5.75 Å². The minimum Gasteiger partial charge on any atom is -0.496 e. The van der Waals surface area contributed by atoms with E-state index < -0.39 is 0 Å². The number of hydrogen-bond donors (Lipinski definition) is 2. The summed E-state index contributed by atoms with van der Waals surface area (Å²) in [5, 5.41) is 12.9. The van der Waals surface area contributed by atoms with Crippen molar-refractivity contribution in [2.24, 2.45) is 0 Å². The van der Waals surface area contributed by atoms with Gasteiger partial charge in [0.2, 0.25) is 0 Å². The van der Waals surface area contributed by atoms with Gasteiger partial charge in [-0.3, -0.25) is 4.90 Å². The van der Waals surface area contributed by atoms with Gasteiger partial charge in [-0.2, -0.15) is 0 Å². The van der Waals surface area contributed by atoms with Gasteiger partial charge in [-0.25, -0.2) is 0 Å². The van der Waals surface area contributed by atoms with E-state index in [0.29, 0.717) is 12.6 Å². The molecule has 176 valence electrons. The number of methoxy groups -OCH3 is 1. The Morgan fingerprint density at radius 1 is 0.938 bits per heavy atom. The van der Waals surface area contributed by atoms with Gasteiger partial charge >= 0.3 is 0 Å². The van der Waals surface area contributed by atoms with Gasteiger partial charge in [-0.05, 0) is 43.9 Å². The number of aliphatic hydroxyl groups excluding tert-OH is 1. The van der Waals surface area contributed by atoms with E-state index in [9.17, 15) is 0 Å². The predicted molar refractivity (Wildman–Crippen MR) is 133 cm³/mol. The Bertz CT molecular complexity index is 746. The van der Waals surface area contributed by atoms with Crippen molar-refractivity contribution in [1.29, 1.82) is 0 Å². The minimum absolute atomic E-state index is 0.278. The van der Waals surface area contributed by atoms with E-state index in [-0.39, 0.29) is 6.04 Å². The third-order valence-corrected chi connectivity index (χ3v) is 6.79. The van der Waals surface area contributed by atoms with Crippen LogP contribution in [0.5, 0.6) is 5.75 Å². The third-order valence-electron chi connectivity index (χ3n) is 6.79. The van der Waals surface area contributed by atoms with E-state index in [1.165, 1.54) is 56.1 Å². The van der Waals surface area contributed by atoms with Gasteiger partial charge in [0.15, 0.2) is 0 Å². The Hall–Kier alpha value is -1.88. The zero-order chi connectivity index (χ0) is 22.4. The van der Waals surface area contributed by atoms with Crippen molar-refractivity contribution in [1.82, 2.24) is 10.2 Å². The molecule has 1 aliphatic carbocycles. The van der Waals surface area contributed by atoms with E-state index in [2.05, 4.69) is 52.7 Å². The highest BCUT2D eigenvalue weighted by atomic mass is 16.5.